The van der Waals surface area contributed by atoms with Crippen LogP contribution in [0.5, 0.6) is 5.75 Å². The maximum Gasteiger partial charge on any atom is 0.317 e. The van der Waals surface area contributed by atoms with E-state index < -0.39 is 144 Å². The second-order valence-electron chi connectivity index (χ2n) is 26.1. The Morgan fingerprint density at radius 3 is 1.67 bits per heavy atom. The number of carbonyl (C=O) groups is 14. The molecule has 4 rings (SSSR count). The number of aromatic amines is 1. The van der Waals surface area contributed by atoms with E-state index in [0.29, 0.717) is 33.5 Å². The van der Waals surface area contributed by atoms with Crippen LogP contribution in [-0.2, 0) is 75.3 Å². The van der Waals surface area contributed by atoms with Gasteiger partial charge in [-0.15, -0.1) is 0 Å². The number of methoxy groups -OCH3 is 1. The molecule has 3 aromatic rings. The normalized spacial score (nSPS) is 15.7. The van der Waals surface area contributed by atoms with Crippen molar-refractivity contribution in [2.75, 3.05) is 111 Å². The third kappa shape index (κ3) is 31.0. The van der Waals surface area contributed by atoms with Crippen molar-refractivity contribution in [1.29, 1.82) is 0 Å². The predicted octanol–water partition coefficient (Wildman–Crippen LogP) is -3.73. The number of benzene rings is 2. The molecule has 105 heavy (non-hydrogen) atoms. The number of aromatic nitrogens is 1. The number of hydrogen-bond acceptors (Lipinski definition) is 22. The topological polar surface area (TPSA) is 536 Å². The lowest BCUT2D eigenvalue weighted by molar-refractivity contribution is -0.140. The number of nitrogens with one attached hydrogen (secondary N) is 11. The molecule has 1 aliphatic heterocycles. The zero-order chi connectivity index (χ0) is 78.0. The number of rotatable bonds is 42. The van der Waals surface area contributed by atoms with E-state index in [2.05, 4.69) is 58.2 Å². The molecule has 2 heterocycles. The number of carbonyl (C=O) groups excluding carboxylic acids is 11. The summed E-state index contributed by atoms with van der Waals surface area (Å²) in [5.74, 6) is -12.1. The molecular formula is C68H104N18O18S. The van der Waals surface area contributed by atoms with Gasteiger partial charge >= 0.3 is 17.9 Å². The lowest BCUT2D eigenvalue weighted by atomic mass is 10.0. The van der Waals surface area contributed by atoms with Gasteiger partial charge in [-0.1, -0.05) is 52.0 Å². The fourth-order valence-electron chi connectivity index (χ4n) is 11.2. The van der Waals surface area contributed by atoms with Gasteiger partial charge in [0, 0.05) is 125 Å². The highest BCUT2D eigenvalue weighted by molar-refractivity contribution is 7.98. The summed E-state index contributed by atoms with van der Waals surface area (Å²) in [5.41, 5.74) is 18.8. The first kappa shape index (κ1) is 87.3. The monoisotopic (exact) mass is 1490 g/mol. The number of nitrogens with zero attached hydrogens (tertiary/aromatic N) is 4. The first-order valence-corrected chi connectivity index (χ1v) is 35.7. The summed E-state index contributed by atoms with van der Waals surface area (Å²) >= 11 is 1.45. The minimum Gasteiger partial charge on any atom is -0.496 e. The number of aliphatic carboxylic acids is 3. The van der Waals surface area contributed by atoms with Crippen LogP contribution in [0.2, 0.25) is 0 Å². The van der Waals surface area contributed by atoms with E-state index >= 15 is 0 Å². The lowest BCUT2D eigenvalue weighted by Gasteiger charge is -2.32. The molecule has 7 atom stereocenters. The highest BCUT2D eigenvalue weighted by Gasteiger charge is 2.35. The summed E-state index contributed by atoms with van der Waals surface area (Å²) in [6.45, 7) is 7.64. The first-order chi connectivity index (χ1) is 49.7. The predicted molar refractivity (Wildman–Crippen MR) is 388 cm³/mol. The highest BCUT2D eigenvalue weighted by atomic mass is 32.2. The van der Waals surface area contributed by atoms with Gasteiger partial charge < -0.3 is 95.4 Å². The Labute approximate surface area is 613 Å². The van der Waals surface area contributed by atoms with Gasteiger partial charge in [0.1, 0.15) is 48.0 Å². The lowest BCUT2D eigenvalue weighted by Crippen LogP contribution is -2.59. The molecule has 20 N–H and O–H groups in total. The average Bonchev–Trinajstić information content (AvgIpc) is 1.78. The molecule has 580 valence electrons. The molecule has 11 amide bonds. The summed E-state index contributed by atoms with van der Waals surface area (Å²) in [5, 5.41) is 55.9. The molecule has 4 unspecified atom stereocenters. The summed E-state index contributed by atoms with van der Waals surface area (Å²) < 4.78 is 5.62. The van der Waals surface area contributed by atoms with Gasteiger partial charge in [-0.3, -0.25) is 86.7 Å². The molecule has 1 aliphatic rings. The number of hydrogen-bond donors (Lipinski definition) is 17. The molecule has 1 fully saturated rings. The number of fused-ring (bicyclic) bond motifs is 1. The summed E-state index contributed by atoms with van der Waals surface area (Å²) in [6, 6.07) is 2.14. The standard InChI is InChI=1S/C68H104N18O18S/c1-39(2)27-50(66(101)78-48(61(71)96)17-26-105-8)80-67(102)52(30-45(31-69)72-6)77-55(88)34-75-68(103)60(40(3)4)82-62(97)41(5)76-65(100)51(28-44-33-73-47-12-10-9-11-46(44)47)81-64(99)49(15-16-54(70)87)79-63(98)42-13-14-43(53(29-42)104-7)32-74-56(89)35-83-18-20-84(36-57(90)91)22-24-86(38-59(94)95)25-23-85(21-19-83)37-58(92)93/h9-14,29,31,33,39-41,48-52,60,72-73H,15-28,30,32,34-38,69H2,1-8H3,(H2,70,87)(H2,71,96)(H,74,89)(H,75,103)(H,76,100)(H,77,88)(H,78,101)(H,79,98)(H,80,102)(H,81,99)(H,82,97)(H,90,91)(H,92,93)(H,94,95)/b45-31-/t41?,48-,49?,50?,51-,52-,60?/m0/s1. The molecule has 36 nitrogen and oxygen atoms in total. The van der Waals surface area contributed by atoms with Gasteiger partial charge in [-0.05, 0) is 73.8 Å². The van der Waals surface area contributed by atoms with Crippen LogP contribution in [0.25, 0.3) is 10.9 Å². The number of ether oxygens (including phenoxy) is 1. The molecular weight excluding hydrogens is 1390 g/mol. The van der Waals surface area contributed by atoms with E-state index in [1.165, 1.54) is 57.2 Å². The minimum absolute atomic E-state index is 0.0339. The van der Waals surface area contributed by atoms with Crippen LogP contribution in [0.15, 0.2) is 60.6 Å². The fraction of sp³-hybridized carbons (Fsp3) is 0.559. The van der Waals surface area contributed by atoms with Gasteiger partial charge in [-0.2, -0.15) is 11.8 Å². The number of carboxylic acid groups (broad SMARTS) is 3. The molecule has 2 aromatic carbocycles. The molecule has 0 radical (unpaired) electrons. The van der Waals surface area contributed by atoms with E-state index in [0.717, 1.165) is 0 Å². The van der Waals surface area contributed by atoms with Crippen LogP contribution in [0.1, 0.15) is 88.2 Å². The van der Waals surface area contributed by atoms with Crippen LogP contribution in [0.4, 0.5) is 0 Å². The highest BCUT2D eigenvalue weighted by Crippen LogP contribution is 2.23. The van der Waals surface area contributed by atoms with Crippen molar-refractivity contribution in [1.82, 2.24) is 77.8 Å². The zero-order valence-corrected chi connectivity index (χ0v) is 61.5. The Morgan fingerprint density at radius 2 is 1.14 bits per heavy atom. The molecule has 0 spiro atoms. The zero-order valence-electron chi connectivity index (χ0n) is 60.6. The smallest absolute Gasteiger partial charge is 0.317 e. The second-order valence-corrected chi connectivity index (χ2v) is 27.1. The van der Waals surface area contributed by atoms with Crippen LogP contribution >= 0.6 is 11.8 Å². The number of primary amides is 2. The summed E-state index contributed by atoms with van der Waals surface area (Å²) in [7, 11) is 2.86. The van der Waals surface area contributed by atoms with E-state index in [9.17, 15) is 82.4 Å². The van der Waals surface area contributed by atoms with Gasteiger partial charge in [0.05, 0.1) is 39.8 Å². The maximum atomic E-state index is 14.5. The SMILES string of the molecule is CN/C(=C\N)C[C@H](NC(=O)CNC(=O)C(NC(=O)C(C)NC(=O)[C@H](Cc1c[nH]c2ccccc12)NC(=O)C(CCC(N)=O)NC(=O)c1ccc(CNC(=O)CN2CCN(CC(=O)O)CCN(CC(=O)O)CCN(CC(=O)O)CC2)c(OC)c1)C(C)C)C(=O)NC(CC(C)C)C(=O)N[C@@H](CCSC)C(N)=O. The van der Waals surface area contributed by atoms with Gasteiger partial charge in [0.25, 0.3) is 5.91 Å². The van der Waals surface area contributed by atoms with Crippen LogP contribution in [-0.4, -0.2) is 276 Å². The van der Waals surface area contributed by atoms with Crippen molar-refractivity contribution in [2.24, 2.45) is 29.0 Å². The molecule has 37 heteroatoms. The Balaban J connectivity index is 1.49. The van der Waals surface area contributed by atoms with E-state index in [-0.39, 0.29) is 134 Å². The van der Waals surface area contributed by atoms with E-state index in [1.807, 2.05) is 20.1 Å². The fourth-order valence-corrected chi connectivity index (χ4v) is 11.7. The summed E-state index contributed by atoms with van der Waals surface area (Å²) in [6.07, 6.45) is 3.91. The summed E-state index contributed by atoms with van der Waals surface area (Å²) in [4.78, 5) is 195. The number of amides is 11. The Bertz CT molecular complexity index is 3510. The number of nitrogens with two attached hydrogens (primary N) is 3. The van der Waals surface area contributed by atoms with Crippen LogP contribution in [0.3, 0.4) is 0 Å². The number of thioether (sulfide) groups is 1. The van der Waals surface area contributed by atoms with Gasteiger partial charge in [-0.25, -0.2) is 0 Å². The van der Waals surface area contributed by atoms with Crippen molar-refractivity contribution >= 4 is 106 Å². The molecule has 0 saturated carbocycles. The van der Waals surface area contributed by atoms with Crippen LogP contribution < -0.4 is 75.1 Å². The quantitative estimate of drug-likeness (QED) is 0.0259. The van der Waals surface area contributed by atoms with Crippen LogP contribution in [0, 0.1) is 11.8 Å². The van der Waals surface area contributed by atoms with Crippen molar-refractivity contribution < 1.29 is 87.2 Å². The van der Waals surface area contributed by atoms with Gasteiger partial charge in [0.15, 0.2) is 0 Å². The molecule has 0 bridgehead atoms. The second kappa shape index (κ2) is 44.5. The Kier molecular flexibility index (Phi) is 37.0. The van der Waals surface area contributed by atoms with Crippen molar-refractivity contribution in [3.05, 3.63) is 77.2 Å². The Hall–Kier alpha value is -10.1. The average molecular weight is 1490 g/mol. The van der Waals surface area contributed by atoms with Crippen molar-refractivity contribution in [3.8, 4) is 5.75 Å². The molecule has 1 saturated heterocycles. The minimum atomic E-state index is -1.51. The maximum absolute atomic E-state index is 14.5. The number of H-pyrrole nitrogens is 1. The molecule has 1 aromatic heterocycles. The van der Waals surface area contributed by atoms with Gasteiger partial charge in [0.2, 0.25) is 59.1 Å². The third-order valence-corrected chi connectivity index (χ3v) is 17.7. The van der Waals surface area contributed by atoms with Crippen molar-refractivity contribution in [3.63, 3.8) is 0 Å². The number of carboxylic acids is 3. The number of para-hydroxylation sites is 1. The first-order valence-electron chi connectivity index (χ1n) is 34.3. The molecule has 0 aliphatic carbocycles. The van der Waals surface area contributed by atoms with Crippen molar-refractivity contribution in [2.45, 2.75) is 122 Å². The van der Waals surface area contributed by atoms with E-state index in [4.69, 9.17) is 21.9 Å². The largest absolute Gasteiger partial charge is 0.496 e. The van der Waals surface area contributed by atoms with E-state index in [1.54, 1.807) is 63.9 Å². The third-order valence-electron chi connectivity index (χ3n) is 17.1. The Morgan fingerprint density at radius 1 is 0.600 bits per heavy atom.